The molecule has 26 heavy (non-hydrogen) atoms. The van der Waals surface area contributed by atoms with E-state index in [-0.39, 0.29) is 5.69 Å². The molecule has 0 heterocycles. The van der Waals surface area contributed by atoms with Gasteiger partial charge in [0.25, 0.3) is 0 Å². The molecule has 0 bridgehead atoms. The summed E-state index contributed by atoms with van der Waals surface area (Å²) < 4.78 is 65.2. The van der Waals surface area contributed by atoms with E-state index in [1.165, 1.54) is 0 Å². The second-order valence-electron chi connectivity index (χ2n) is 5.82. The molecule has 0 aliphatic rings. The van der Waals surface area contributed by atoms with E-state index in [0.717, 1.165) is 18.8 Å². The van der Waals surface area contributed by atoms with Gasteiger partial charge in [-0.15, -0.1) is 0 Å². The minimum Gasteiger partial charge on any atom is -0.435 e. The highest BCUT2D eigenvalue weighted by Crippen LogP contribution is 2.26. The number of carbonyl (C=O) groups is 1. The van der Waals surface area contributed by atoms with Gasteiger partial charge in [0.1, 0.15) is 0 Å². The predicted octanol–water partition coefficient (Wildman–Crippen LogP) is 3.37. The SMILES string of the molecule is CCN(CC)c1ccc(NC(=O)OC(CS(C)(=O)=O)C(F)(F)F)c(C)c1. The number of ether oxygens (including phenoxy) is 1. The number of nitrogens with one attached hydrogen (secondary N) is 1. The van der Waals surface area contributed by atoms with Gasteiger partial charge in [-0.1, -0.05) is 0 Å². The first kappa shape index (κ1) is 22.1. The number of aryl methyl sites for hydroxylation is 1. The van der Waals surface area contributed by atoms with Crippen molar-refractivity contribution in [2.75, 3.05) is 35.3 Å². The van der Waals surface area contributed by atoms with E-state index in [1.807, 2.05) is 13.8 Å². The van der Waals surface area contributed by atoms with Crippen molar-refractivity contribution >= 4 is 27.3 Å². The molecule has 0 spiro atoms. The summed E-state index contributed by atoms with van der Waals surface area (Å²) in [4.78, 5) is 13.9. The third kappa shape index (κ3) is 6.74. The number of hydrogen-bond donors (Lipinski definition) is 1. The number of sulfone groups is 1. The standard InChI is InChI=1S/C16H23F3N2O4S/c1-5-21(6-2)12-7-8-13(11(3)9-12)20-15(22)25-14(16(17,18)19)10-26(4,23)24/h7-9,14H,5-6,10H2,1-4H3,(H,20,22). The van der Waals surface area contributed by atoms with Crippen LogP contribution in [0.15, 0.2) is 18.2 Å². The van der Waals surface area contributed by atoms with Crippen molar-refractivity contribution in [3.63, 3.8) is 0 Å². The monoisotopic (exact) mass is 396 g/mol. The molecule has 1 N–H and O–H groups in total. The smallest absolute Gasteiger partial charge is 0.426 e. The fourth-order valence-electron chi connectivity index (χ4n) is 2.31. The number of amides is 1. The van der Waals surface area contributed by atoms with Gasteiger partial charge in [0.05, 0.1) is 5.75 Å². The van der Waals surface area contributed by atoms with Gasteiger partial charge in [0, 0.05) is 30.7 Å². The molecule has 0 aliphatic heterocycles. The normalized spacial score (nSPS) is 13.2. The summed E-state index contributed by atoms with van der Waals surface area (Å²) in [5.41, 5.74) is 1.83. The molecule has 1 amide bonds. The summed E-state index contributed by atoms with van der Waals surface area (Å²) in [7, 11) is -3.98. The number of nitrogens with zero attached hydrogens (tertiary/aromatic N) is 1. The second kappa shape index (κ2) is 8.61. The Balaban J connectivity index is 2.89. The largest absolute Gasteiger partial charge is 0.435 e. The lowest BCUT2D eigenvalue weighted by atomic mass is 10.1. The molecule has 148 valence electrons. The zero-order valence-corrected chi connectivity index (χ0v) is 15.9. The molecule has 1 unspecified atom stereocenters. The Morgan fingerprint density at radius 2 is 1.85 bits per heavy atom. The number of carbonyl (C=O) groups excluding carboxylic acids is 1. The molecule has 1 rings (SSSR count). The van der Waals surface area contributed by atoms with Crippen molar-refractivity contribution in [2.45, 2.75) is 33.1 Å². The Hall–Kier alpha value is -1.97. The molecule has 1 aromatic carbocycles. The van der Waals surface area contributed by atoms with Crippen LogP contribution in [0.3, 0.4) is 0 Å². The summed E-state index contributed by atoms with van der Waals surface area (Å²) in [5.74, 6) is -1.33. The summed E-state index contributed by atoms with van der Waals surface area (Å²) in [6, 6.07) is 5.08. The molecule has 1 atom stereocenters. The van der Waals surface area contributed by atoms with Crippen molar-refractivity contribution in [3.8, 4) is 0 Å². The van der Waals surface area contributed by atoms with Crippen LogP contribution in [0.1, 0.15) is 19.4 Å². The molecule has 0 saturated carbocycles. The molecule has 0 aliphatic carbocycles. The Labute approximate surface area is 151 Å². The second-order valence-corrected chi connectivity index (χ2v) is 8.01. The third-order valence-electron chi connectivity index (χ3n) is 3.64. The number of benzene rings is 1. The average Bonchev–Trinajstić information content (AvgIpc) is 2.48. The van der Waals surface area contributed by atoms with Crippen LogP contribution in [0.5, 0.6) is 0 Å². The van der Waals surface area contributed by atoms with Gasteiger partial charge in [0.2, 0.25) is 6.10 Å². The molecule has 6 nitrogen and oxygen atoms in total. The van der Waals surface area contributed by atoms with Gasteiger partial charge < -0.3 is 9.64 Å². The third-order valence-corrected chi connectivity index (χ3v) is 4.55. The maximum Gasteiger partial charge on any atom is 0.426 e. The lowest BCUT2D eigenvalue weighted by Gasteiger charge is -2.23. The van der Waals surface area contributed by atoms with E-state index in [0.29, 0.717) is 11.8 Å². The van der Waals surface area contributed by atoms with Gasteiger partial charge in [-0.3, -0.25) is 5.32 Å². The minimum atomic E-state index is -4.98. The molecule has 10 heteroatoms. The van der Waals surface area contributed by atoms with Crippen molar-refractivity contribution in [1.29, 1.82) is 0 Å². The summed E-state index contributed by atoms with van der Waals surface area (Å²) in [6.07, 6.45) is -8.44. The van der Waals surface area contributed by atoms with Crippen LogP contribution in [-0.4, -0.2) is 51.9 Å². The molecule has 1 aromatic rings. The molecule has 0 saturated heterocycles. The molecule has 0 fully saturated rings. The summed E-state index contributed by atoms with van der Waals surface area (Å²) in [6.45, 7) is 7.23. The average molecular weight is 396 g/mol. The Kier molecular flexibility index (Phi) is 7.31. The highest BCUT2D eigenvalue weighted by molar-refractivity contribution is 7.90. The van der Waals surface area contributed by atoms with Crippen LogP contribution in [0.4, 0.5) is 29.3 Å². The van der Waals surface area contributed by atoms with Crippen molar-refractivity contribution < 1.29 is 31.1 Å². The van der Waals surface area contributed by atoms with Gasteiger partial charge >= 0.3 is 12.3 Å². The number of anilines is 2. The van der Waals surface area contributed by atoms with Crippen LogP contribution >= 0.6 is 0 Å². The fraction of sp³-hybridized carbons (Fsp3) is 0.562. The van der Waals surface area contributed by atoms with Crippen LogP contribution in [0, 0.1) is 6.92 Å². The van der Waals surface area contributed by atoms with E-state index in [9.17, 15) is 26.4 Å². The van der Waals surface area contributed by atoms with Gasteiger partial charge in [-0.2, -0.15) is 13.2 Å². The topological polar surface area (TPSA) is 75.7 Å². The van der Waals surface area contributed by atoms with Gasteiger partial charge in [-0.05, 0) is 44.5 Å². The van der Waals surface area contributed by atoms with Crippen LogP contribution in [0.25, 0.3) is 0 Å². The fourth-order valence-corrected chi connectivity index (χ4v) is 3.12. The van der Waals surface area contributed by atoms with Crippen LogP contribution in [0.2, 0.25) is 0 Å². The number of halogens is 3. The lowest BCUT2D eigenvalue weighted by molar-refractivity contribution is -0.195. The zero-order valence-electron chi connectivity index (χ0n) is 15.1. The lowest BCUT2D eigenvalue weighted by Crippen LogP contribution is -2.40. The quantitative estimate of drug-likeness (QED) is 0.765. The van der Waals surface area contributed by atoms with E-state index in [1.54, 1.807) is 25.1 Å². The minimum absolute atomic E-state index is 0.284. The number of rotatable bonds is 7. The van der Waals surface area contributed by atoms with Gasteiger partial charge in [-0.25, -0.2) is 13.2 Å². The number of hydrogen-bond acceptors (Lipinski definition) is 5. The van der Waals surface area contributed by atoms with E-state index in [2.05, 4.69) is 15.0 Å². The zero-order chi connectivity index (χ0) is 20.1. The summed E-state index contributed by atoms with van der Waals surface area (Å²) in [5, 5.41) is 2.23. The maximum atomic E-state index is 12.9. The van der Waals surface area contributed by atoms with Crippen molar-refractivity contribution in [2.24, 2.45) is 0 Å². The van der Waals surface area contributed by atoms with Crippen LogP contribution in [-0.2, 0) is 14.6 Å². The highest BCUT2D eigenvalue weighted by Gasteiger charge is 2.45. The van der Waals surface area contributed by atoms with Crippen molar-refractivity contribution in [1.82, 2.24) is 0 Å². The Morgan fingerprint density at radius 1 is 1.27 bits per heavy atom. The Bertz CT molecular complexity index is 732. The van der Waals surface area contributed by atoms with Crippen molar-refractivity contribution in [3.05, 3.63) is 23.8 Å². The maximum absolute atomic E-state index is 12.9. The molecule has 0 radical (unpaired) electrons. The highest BCUT2D eigenvalue weighted by atomic mass is 32.2. The summed E-state index contributed by atoms with van der Waals surface area (Å²) >= 11 is 0. The first-order chi connectivity index (χ1) is 11.9. The first-order valence-electron chi connectivity index (χ1n) is 7.95. The van der Waals surface area contributed by atoms with Gasteiger partial charge in [0.15, 0.2) is 9.84 Å². The molecular formula is C16H23F3N2O4S. The molecular weight excluding hydrogens is 373 g/mol. The molecule has 0 aromatic heterocycles. The number of alkyl halides is 3. The Morgan fingerprint density at radius 3 is 2.27 bits per heavy atom. The predicted molar refractivity (Wildman–Crippen MR) is 94.4 cm³/mol. The van der Waals surface area contributed by atoms with Crippen LogP contribution < -0.4 is 10.2 Å². The first-order valence-corrected chi connectivity index (χ1v) is 10.0. The van der Waals surface area contributed by atoms with E-state index >= 15 is 0 Å². The van der Waals surface area contributed by atoms with E-state index in [4.69, 9.17) is 0 Å². The van der Waals surface area contributed by atoms with E-state index < -0.39 is 34.0 Å².